The van der Waals surface area contributed by atoms with Gasteiger partial charge in [-0.25, -0.2) is 12.1 Å². The van der Waals surface area contributed by atoms with Gasteiger partial charge in [-0.1, -0.05) is 0 Å². The van der Waals surface area contributed by atoms with Crippen molar-refractivity contribution in [3.8, 4) is 0 Å². The van der Waals surface area contributed by atoms with Gasteiger partial charge in [0.1, 0.15) is 0 Å². The molecule has 0 heterocycles. The summed E-state index contributed by atoms with van der Waals surface area (Å²) in [6, 6.07) is 10.0. The van der Waals surface area contributed by atoms with Crippen LogP contribution in [-0.2, 0) is 25.8 Å². The van der Waals surface area contributed by atoms with Gasteiger partial charge in [0, 0.05) is 45.7 Å². The van der Waals surface area contributed by atoms with Gasteiger partial charge in [0.05, 0.1) is 0 Å². The van der Waals surface area contributed by atoms with Crippen molar-refractivity contribution in [1.82, 2.24) is 0 Å². The molecule has 0 aliphatic rings. The topological polar surface area (TPSA) is 60.7 Å². The van der Waals surface area contributed by atoms with Crippen molar-refractivity contribution in [1.29, 1.82) is 0 Å². The fourth-order valence-corrected chi connectivity index (χ4v) is 1.29. The Morgan fingerprint density at radius 2 is 0.958 bits per heavy atom. The second-order valence-corrected chi connectivity index (χ2v) is 6.49. The number of aliphatic hydroxyl groups is 3. The van der Waals surface area contributed by atoms with Crippen molar-refractivity contribution in [2.45, 2.75) is 30.8 Å². The second kappa shape index (κ2) is 25.5. The zero-order valence-corrected chi connectivity index (χ0v) is 19.7. The fraction of sp³-hybridized carbons (Fsp3) is 0.615. The van der Waals surface area contributed by atoms with E-state index in [1.807, 2.05) is 30.3 Å². The average Bonchev–Trinajstić information content (AvgIpc) is 2.84. The number of halogens is 6. The minimum atomic E-state index is -4.98. The molecule has 1 rings (SSSR count). The molecule has 0 aliphatic carbocycles. The number of alkyl halides is 6. The average molecular weight is 593 g/mol. The molecule has 0 aliphatic heterocycles. The predicted molar refractivity (Wildman–Crippen MR) is 79.6 cm³/mol. The van der Waals surface area contributed by atoms with Crippen molar-refractivity contribution in [3.63, 3.8) is 0 Å². The van der Waals surface area contributed by atoms with Gasteiger partial charge in [-0.15, -0.1) is 0 Å². The van der Waals surface area contributed by atoms with Gasteiger partial charge in [-0.05, 0) is 20.8 Å². The number of aliphatic hydroxyl groups excluding tert-OH is 3. The molecule has 145 valence electrons. The summed E-state index contributed by atoms with van der Waals surface area (Å²) in [6.45, 7) is 5.79. The third-order valence-corrected chi connectivity index (χ3v) is 2.26. The first-order valence-corrected chi connectivity index (χ1v) is 8.87. The minimum Gasteiger partial charge on any atom is -0.214 e. The molecule has 3 nitrogen and oxygen atoms in total. The van der Waals surface area contributed by atoms with Crippen molar-refractivity contribution < 1.29 is 67.5 Å². The molecular formula is C13H24F6GeHfO3-. The zero-order valence-electron chi connectivity index (χ0n) is 13.7. The quantitative estimate of drug-likeness (QED) is 0.247. The predicted octanol–water partition coefficient (Wildman–Crippen LogP) is 2.86. The number of hydrogen-bond donors (Lipinski definition) is 3. The normalized spacial score (nSPS) is 9.17. The summed E-state index contributed by atoms with van der Waals surface area (Å²) in [5, 5.41) is 12.7. The Labute approximate surface area is 163 Å². The van der Waals surface area contributed by atoms with E-state index in [4.69, 9.17) is 15.3 Å². The Hall–Kier alpha value is 0.223. The van der Waals surface area contributed by atoms with E-state index in [-0.39, 0.29) is 45.7 Å². The Kier molecular flexibility index (Phi) is 37.5. The standard InChI is InChI=1S/C5H5.C2HF6Ge.3C2H6O.Hf/c1-2-4-5-3-1;3-1(4,5)9-2(6,7)8;3*1-2-3;/h1-5H;9H;3*3H,2H2,1H3;/q-1;;;;;. The van der Waals surface area contributed by atoms with E-state index < -0.39 is 25.4 Å². The van der Waals surface area contributed by atoms with Crippen LogP contribution in [0.25, 0.3) is 0 Å². The Morgan fingerprint density at radius 3 is 1.00 bits per heavy atom. The summed E-state index contributed by atoms with van der Waals surface area (Å²) in [5.74, 6) is 0. The SMILES string of the molecule is CCO.CCO.CCO.F[C](F)(F)[GeH][C](F)(F)F.[Hf].c1cc[cH-]c1. The first-order chi connectivity index (χ1) is 10.4. The van der Waals surface area contributed by atoms with E-state index in [2.05, 4.69) is 0 Å². The van der Waals surface area contributed by atoms with E-state index in [0.29, 0.717) is 0 Å². The van der Waals surface area contributed by atoms with E-state index in [1.165, 1.54) is 0 Å². The Bertz CT molecular complexity index is 248. The molecule has 24 heavy (non-hydrogen) atoms. The Balaban J connectivity index is -0.0000000685. The molecular weight excluding hydrogens is 569 g/mol. The molecule has 11 heteroatoms. The van der Waals surface area contributed by atoms with Gasteiger partial charge in [-0.3, -0.25) is 0 Å². The van der Waals surface area contributed by atoms with Crippen LogP contribution < -0.4 is 0 Å². The van der Waals surface area contributed by atoms with Crippen LogP contribution in [0.4, 0.5) is 26.3 Å². The van der Waals surface area contributed by atoms with Crippen LogP contribution in [0.2, 0.25) is 0 Å². The van der Waals surface area contributed by atoms with Crippen molar-refractivity contribution in [2.75, 3.05) is 19.8 Å². The third-order valence-electron chi connectivity index (χ3n) is 0.883. The van der Waals surface area contributed by atoms with Crippen LogP contribution in [0, 0.1) is 0 Å². The first kappa shape index (κ1) is 35.4. The van der Waals surface area contributed by atoms with Crippen LogP contribution in [0.1, 0.15) is 20.8 Å². The second-order valence-electron chi connectivity index (χ2n) is 3.14. The summed E-state index contributed by atoms with van der Waals surface area (Å²) >= 11 is -4.06. The van der Waals surface area contributed by atoms with Crippen molar-refractivity contribution in [2.24, 2.45) is 0 Å². The molecule has 0 bridgehead atoms. The van der Waals surface area contributed by atoms with E-state index in [9.17, 15) is 26.3 Å². The zero-order chi connectivity index (χ0) is 19.4. The van der Waals surface area contributed by atoms with Crippen molar-refractivity contribution >= 4 is 15.4 Å². The molecule has 1 aromatic rings. The van der Waals surface area contributed by atoms with Crippen LogP contribution in [0.5, 0.6) is 0 Å². The maximum absolute atomic E-state index is 10.9. The van der Waals surface area contributed by atoms with Gasteiger partial charge in [0.25, 0.3) is 0 Å². The molecule has 0 fully saturated rings. The fourth-order valence-electron chi connectivity index (χ4n) is 0.506. The number of rotatable bonds is 0. The largest absolute Gasteiger partial charge is 0.214 e. The molecule has 1 radical (unpaired) electrons. The summed E-state index contributed by atoms with van der Waals surface area (Å²) < 4.78 is 65.4. The van der Waals surface area contributed by atoms with Gasteiger partial charge < -0.3 is 15.3 Å². The van der Waals surface area contributed by atoms with Crippen LogP contribution in [0.15, 0.2) is 30.3 Å². The molecule has 1 aromatic carbocycles. The van der Waals surface area contributed by atoms with Crippen LogP contribution in [-0.4, -0.2) is 60.6 Å². The summed E-state index contributed by atoms with van der Waals surface area (Å²) in [7, 11) is 0. The Morgan fingerprint density at radius 1 is 0.750 bits per heavy atom. The van der Waals surface area contributed by atoms with Gasteiger partial charge in [0.2, 0.25) is 0 Å². The van der Waals surface area contributed by atoms with E-state index >= 15 is 0 Å². The first-order valence-electron chi connectivity index (χ1n) is 6.45. The van der Waals surface area contributed by atoms with Gasteiger partial charge in [0.15, 0.2) is 0 Å². The monoisotopic (exact) mass is 596 g/mol. The molecule has 0 spiro atoms. The molecule has 0 saturated heterocycles. The summed E-state index contributed by atoms with van der Waals surface area (Å²) in [6.07, 6.45) is 0. The molecule has 0 aromatic heterocycles. The molecule has 0 unspecified atom stereocenters. The minimum absolute atomic E-state index is 0. The molecule has 0 atom stereocenters. The number of hydrogen-bond acceptors (Lipinski definition) is 3. The maximum atomic E-state index is 10.9. The van der Waals surface area contributed by atoms with Gasteiger partial charge >= 0.3 is 51.8 Å². The summed E-state index contributed by atoms with van der Waals surface area (Å²) in [5.41, 5.74) is 0. The van der Waals surface area contributed by atoms with E-state index in [1.54, 1.807) is 20.8 Å². The summed E-state index contributed by atoms with van der Waals surface area (Å²) in [4.78, 5) is 0. The molecule has 0 amide bonds. The van der Waals surface area contributed by atoms with Crippen LogP contribution >= 0.6 is 0 Å². The van der Waals surface area contributed by atoms with E-state index in [0.717, 1.165) is 0 Å². The smallest absolute Gasteiger partial charge is 0 e. The third kappa shape index (κ3) is 79.5. The van der Waals surface area contributed by atoms with Crippen molar-refractivity contribution in [3.05, 3.63) is 30.3 Å². The van der Waals surface area contributed by atoms with Crippen LogP contribution in [0.3, 0.4) is 0 Å². The maximum Gasteiger partial charge on any atom is 0 e. The molecule has 0 saturated carbocycles. The van der Waals surface area contributed by atoms with Gasteiger partial charge in [-0.2, -0.15) is 18.2 Å². The molecule has 3 N–H and O–H groups in total.